The summed E-state index contributed by atoms with van der Waals surface area (Å²) in [6, 6.07) is 18.3. The van der Waals surface area contributed by atoms with E-state index in [-0.39, 0.29) is 24.8 Å². The first kappa shape index (κ1) is 25.6. The fraction of sp³-hybridized carbons (Fsp3) is 0.185. The summed E-state index contributed by atoms with van der Waals surface area (Å²) < 4.78 is 18.5. The molecule has 0 fully saturated rings. The number of halogens is 2. The van der Waals surface area contributed by atoms with Crippen LogP contribution in [0.2, 0.25) is 0 Å². The molecule has 0 saturated carbocycles. The molecule has 0 radical (unpaired) electrons. The van der Waals surface area contributed by atoms with E-state index >= 15 is 0 Å². The lowest BCUT2D eigenvalue weighted by Crippen LogP contribution is -2.00. The summed E-state index contributed by atoms with van der Waals surface area (Å²) in [5, 5.41) is 10.5. The maximum absolute atomic E-state index is 5.55. The van der Waals surface area contributed by atoms with Gasteiger partial charge in [0, 0.05) is 35.6 Å². The van der Waals surface area contributed by atoms with Crippen LogP contribution in [0, 0.1) is 0 Å². The van der Waals surface area contributed by atoms with Gasteiger partial charge in [-0.1, -0.05) is 6.07 Å². The molecular formula is C27H26Cl2N4O3. The van der Waals surface area contributed by atoms with Crippen molar-refractivity contribution >= 4 is 46.6 Å². The molecule has 0 bridgehead atoms. The first-order valence-electron chi connectivity index (χ1n) is 11.1. The second kappa shape index (κ2) is 10.2. The molecule has 3 heterocycles. The van der Waals surface area contributed by atoms with E-state index in [2.05, 4.69) is 23.5 Å². The van der Waals surface area contributed by atoms with E-state index in [1.807, 2.05) is 47.3 Å². The van der Waals surface area contributed by atoms with Crippen LogP contribution in [0.1, 0.15) is 11.1 Å². The number of fused-ring (bicyclic) bond motifs is 4. The number of nitrogens with one attached hydrogen (secondary N) is 1. The van der Waals surface area contributed by atoms with Crippen LogP contribution in [-0.4, -0.2) is 36.1 Å². The maximum atomic E-state index is 5.55. The third kappa shape index (κ3) is 4.09. The number of hydrogen-bond acceptors (Lipinski definition) is 6. The Hall–Kier alpha value is -3.52. The zero-order valence-electron chi connectivity index (χ0n) is 20.1. The summed E-state index contributed by atoms with van der Waals surface area (Å²) >= 11 is 0. The van der Waals surface area contributed by atoms with Crippen molar-refractivity contribution in [2.75, 3.05) is 21.3 Å². The van der Waals surface area contributed by atoms with Gasteiger partial charge in [0.2, 0.25) is 0 Å². The molecule has 1 aliphatic rings. The van der Waals surface area contributed by atoms with E-state index in [0.29, 0.717) is 11.5 Å². The Balaban J connectivity index is 0.00000152. The predicted molar refractivity (Wildman–Crippen MR) is 147 cm³/mol. The Morgan fingerprint density at radius 3 is 2.36 bits per heavy atom. The van der Waals surface area contributed by atoms with Crippen molar-refractivity contribution in [1.29, 1.82) is 0 Å². The van der Waals surface area contributed by atoms with Crippen molar-refractivity contribution in [2.45, 2.75) is 13.1 Å². The number of ether oxygens (including phenoxy) is 3. The molecule has 0 spiro atoms. The minimum Gasteiger partial charge on any atom is -0.497 e. The van der Waals surface area contributed by atoms with Gasteiger partial charge < -0.3 is 19.5 Å². The monoisotopic (exact) mass is 524 g/mol. The highest BCUT2D eigenvalue weighted by atomic mass is 35.5. The number of hydrogen-bond donors (Lipinski definition) is 1. The molecule has 6 rings (SSSR count). The Morgan fingerprint density at radius 1 is 0.778 bits per heavy atom. The van der Waals surface area contributed by atoms with E-state index < -0.39 is 0 Å². The van der Waals surface area contributed by atoms with Gasteiger partial charge in [0.05, 0.1) is 38.1 Å². The smallest absolute Gasteiger partial charge is 0.161 e. The largest absolute Gasteiger partial charge is 0.497 e. The van der Waals surface area contributed by atoms with Crippen LogP contribution < -0.4 is 19.5 Å². The molecule has 5 aromatic rings. The first-order valence-corrected chi connectivity index (χ1v) is 11.1. The van der Waals surface area contributed by atoms with Crippen LogP contribution in [0.4, 0.5) is 0 Å². The highest BCUT2D eigenvalue weighted by molar-refractivity contribution is 6.09. The van der Waals surface area contributed by atoms with E-state index in [4.69, 9.17) is 24.3 Å². The highest BCUT2D eigenvalue weighted by Gasteiger charge is 2.20. The molecule has 186 valence electrons. The molecule has 0 saturated heterocycles. The third-order valence-corrected chi connectivity index (χ3v) is 6.44. The fourth-order valence-corrected chi connectivity index (χ4v) is 4.69. The van der Waals surface area contributed by atoms with Gasteiger partial charge in [0.25, 0.3) is 0 Å². The molecule has 0 atom stereocenters. The standard InChI is InChI=1S/C27H24N4O3.2ClH/c1-32-20-7-8-23-21(12-20)27-22(15-29-23)26(16-5-9-24(33-2)25(11-16)34-3)30-31(27)19-6-4-17-13-28-14-18(17)10-19;;/h4-12,15,28H,13-14H2,1-3H3;2*1H. The van der Waals surface area contributed by atoms with E-state index in [1.54, 1.807) is 21.3 Å². The minimum absolute atomic E-state index is 0. The number of methoxy groups -OCH3 is 3. The van der Waals surface area contributed by atoms with Crippen molar-refractivity contribution < 1.29 is 14.2 Å². The summed E-state index contributed by atoms with van der Waals surface area (Å²) in [5.74, 6) is 2.11. The summed E-state index contributed by atoms with van der Waals surface area (Å²) in [5.41, 5.74) is 7.25. The normalized spacial score (nSPS) is 12.1. The molecule has 3 aromatic carbocycles. The van der Waals surface area contributed by atoms with Crippen LogP contribution in [-0.2, 0) is 13.1 Å². The SMILES string of the molecule is COc1ccc2ncc3c(-c4ccc(OC)c(OC)c4)nn(-c4ccc5c(c4)CNC5)c3c2c1.Cl.Cl. The fourth-order valence-electron chi connectivity index (χ4n) is 4.69. The zero-order chi connectivity index (χ0) is 23.2. The lowest BCUT2D eigenvalue weighted by molar-refractivity contribution is 0.355. The zero-order valence-corrected chi connectivity index (χ0v) is 21.7. The summed E-state index contributed by atoms with van der Waals surface area (Å²) in [4.78, 5) is 4.74. The van der Waals surface area contributed by atoms with Gasteiger partial charge in [-0.15, -0.1) is 24.8 Å². The van der Waals surface area contributed by atoms with Crippen LogP contribution in [0.15, 0.2) is 60.8 Å². The van der Waals surface area contributed by atoms with Gasteiger partial charge in [0.1, 0.15) is 11.4 Å². The van der Waals surface area contributed by atoms with Crippen molar-refractivity contribution in [1.82, 2.24) is 20.1 Å². The molecule has 0 aliphatic carbocycles. The Labute approximate surface area is 221 Å². The molecule has 7 nitrogen and oxygen atoms in total. The molecule has 0 unspecified atom stereocenters. The van der Waals surface area contributed by atoms with Crippen LogP contribution in [0.25, 0.3) is 38.8 Å². The lowest BCUT2D eigenvalue weighted by Gasteiger charge is -2.09. The quantitative estimate of drug-likeness (QED) is 0.317. The first-order chi connectivity index (χ1) is 16.7. The van der Waals surface area contributed by atoms with Gasteiger partial charge in [-0.25, -0.2) is 4.68 Å². The van der Waals surface area contributed by atoms with E-state index in [0.717, 1.165) is 57.6 Å². The van der Waals surface area contributed by atoms with Crippen molar-refractivity contribution in [2.24, 2.45) is 0 Å². The van der Waals surface area contributed by atoms with Gasteiger partial charge >= 0.3 is 0 Å². The van der Waals surface area contributed by atoms with Gasteiger partial charge in [-0.05, 0) is 59.7 Å². The van der Waals surface area contributed by atoms with Crippen LogP contribution >= 0.6 is 24.8 Å². The molecule has 36 heavy (non-hydrogen) atoms. The molecule has 2 aromatic heterocycles. The number of nitrogens with zero attached hydrogens (tertiary/aromatic N) is 3. The summed E-state index contributed by atoms with van der Waals surface area (Å²) in [7, 11) is 4.95. The Morgan fingerprint density at radius 2 is 1.58 bits per heavy atom. The number of pyridine rings is 1. The average Bonchev–Trinajstić information content (AvgIpc) is 3.52. The molecule has 1 N–H and O–H groups in total. The lowest BCUT2D eigenvalue weighted by atomic mass is 10.1. The van der Waals surface area contributed by atoms with Crippen LogP contribution in [0.5, 0.6) is 17.2 Å². The summed E-state index contributed by atoms with van der Waals surface area (Å²) in [6.45, 7) is 1.76. The molecule has 0 amide bonds. The summed E-state index contributed by atoms with van der Waals surface area (Å²) in [6.07, 6.45) is 1.90. The van der Waals surface area contributed by atoms with Crippen molar-refractivity contribution in [3.8, 4) is 34.2 Å². The number of rotatable bonds is 5. The van der Waals surface area contributed by atoms with Gasteiger partial charge in [-0.2, -0.15) is 5.10 Å². The second-order valence-corrected chi connectivity index (χ2v) is 8.29. The Kier molecular flexibility index (Phi) is 7.26. The van der Waals surface area contributed by atoms with E-state index in [1.165, 1.54) is 11.1 Å². The third-order valence-electron chi connectivity index (χ3n) is 6.44. The number of benzene rings is 3. The van der Waals surface area contributed by atoms with Crippen molar-refractivity contribution in [3.05, 3.63) is 71.9 Å². The molecular weight excluding hydrogens is 499 g/mol. The molecule has 1 aliphatic heterocycles. The van der Waals surface area contributed by atoms with Crippen LogP contribution in [0.3, 0.4) is 0 Å². The van der Waals surface area contributed by atoms with E-state index in [9.17, 15) is 0 Å². The predicted octanol–water partition coefficient (Wildman–Crippen LogP) is 5.71. The van der Waals surface area contributed by atoms with Gasteiger partial charge in [-0.3, -0.25) is 4.98 Å². The highest BCUT2D eigenvalue weighted by Crippen LogP contribution is 2.38. The topological polar surface area (TPSA) is 70.4 Å². The molecule has 9 heteroatoms. The average molecular weight is 525 g/mol. The maximum Gasteiger partial charge on any atom is 0.161 e. The van der Waals surface area contributed by atoms with Gasteiger partial charge in [0.15, 0.2) is 11.5 Å². The van der Waals surface area contributed by atoms with Crippen molar-refractivity contribution in [3.63, 3.8) is 0 Å². The second-order valence-electron chi connectivity index (χ2n) is 8.29. The Bertz CT molecular complexity index is 1570. The number of aromatic nitrogens is 3. The minimum atomic E-state index is 0.